The normalized spacial score (nSPS) is 15.8. The van der Waals surface area contributed by atoms with E-state index in [1.807, 2.05) is 18.2 Å². The third-order valence-electron chi connectivity index (χ3n) is 5.62. The number of benzene rings is 2. The number of hydrogen-bond acceptors (Lipinski definition) is 4. The summed E-state index contributed by atoms with van der Waals surface area (Å²) in [6.45, 7) is 1.43. The zero-order valence-corrected chi connectivity index (χ0v) is 16.4. The highest BCUT2D eigenvalue weighted by atomic mass is 16.4. The summed E-state index contributed by atoms with van der Waals surface area (Å²) < 4.78 is 0. The zero-order chi connectivity index (χ0) is 20.8. The van der Waals surface area contributed by atoms with Gasteiger partial charge in [0.1, 0.15) is 5.75 Å². The minimum absolute atomic E-state index is 0.162. The summed E-state index contributed by atoms with van der Waals surface area (Å²) >= 11 is 0. The van der Waals surface area contributed by atoms with Gasteiger partial charge in [-0.05, 0) is 73.5 Å². The molecule has 0 radical (unpaired) electrons. The molecule has 0 bridgehead atoms. The summed E-state index contributed by atoms with van der Waals surface area (Å²) in [4.78, 5) is 24.2. The summed E-state index contributed by atoms with van der Waals surface area (Å²) in [6, 6.07) is 12.8. The van der Waals surface area contributed by atoms with Crippen molar-refractivity contribution in [2.75, 3.05) is 6.54 Å². The SMILES string of the molecule is O=C(O)CCCCN(Cc1ccc(C(=O)O)cc1)C1CCc2cccc(O)c2C1. The Labute approximate surface area is 170 Å². The van der Waals surface area contributed by atoms with Crippen molar-refractivity contribution < 1.29 is 24.9 Å². The summed E-state index contributed by atoms with van der Waals surface area (Å²) in [5.74, 6) is -1.39. The lowest BCUT2D eigenvalue weighted by atomic mass is 9.86. The van der Waals surface area contributed by atoms with Crippen molar-refractivity contribution in [3.63, 3.8) is 0 Å². The van der Waals surface area contributed by atoms with Crippen LogP contribution in [0.1, 0.15) is 52.7 Å². The fourth-order valence-corrected chi connectivity index (χ4v) is 4.03. The molecule has 6 heteroatoms. The molecule has 0 saturated heterocycles. The van der Waals surface area contributed by atoms with Crippen LogP contribution in [0.3, 0.4) is 0 Å². The first-order valence-electron chi connectivity index (χ1n) is 10.0. The Morgan fingerprint density at radius 2 is 1.79 bits per heavy atom. The molecule has 0 aromatic heterocycles. The molecule has 0 spiro atoms. The van der Waals surface area contributed by atoms with E-state index >= 15 is 0 Å². The van der Waals surface area contributed by atoms with Gasteiger partial charge in [-0.15, -0.1) is 0 Å². The molecule has 0 amide bonds. The number of carboxylic acid groups (broad SMARTS) is 2. The molecule has 0 heterocycles. The molecule has 2 aromatic rings. The van der Waals surface area contributed by atoms with E-state index in [0.29, 0.717) is 18.7 Å². The van der Waals surface area contributed by atoms with E-state index in [9.17, 15) is 14.7 Å². The Balaban J connectivity index is 1.73. The molecule has 6 nitrogen and oxygen atoms in total. The molecule has 1 aliphatic carbocycles. The second kappa shape index (κ2) is 9.56. The van der Waals surface area contributed by atoms with Gasteiger partial charge in [0.2, 0.25) is 0 Å². The van der Waals surface area contributed by atoms with Gasteiger partial charge in [-0.25, -0.2) is 4.79 Å². The third kappa shape index (κ3) is 5.57. The number of fused-ring (bicyclic) bond motifs is 1. The van der Waals surface area contributed by atoms with Crippen LogP contribution < -0.4 is 0 Å². The van der Waals surface area contributed by atoms with Crippen LogP contribution in [0.5, 0.6) is 5.75 Å². The van der Waals surface area contributed by atoms with Crippen molar-refractivity contribution in [1.82, 2.24) is 4.90 Å². The number of carbonyl (C=O) groups is 2. The maximum absolute atomic E-state index is 11.1. The van der Waals surface area contributed by atoms with Crippen molar-refractivity contribution >= 4 is 11.9 Å². The Hall–Kier alpha value is -2.86. The number of hydrogen-bond donors (Lipinski definition) is 3. The number of aryl methyl sites for hydroxylation is 1. The lowest BCUT2D eigenvalue weighted by molar-refractivity contribution is -0.137. The van der Waals surface area contributed by atoms with Crippen molar-refractivity contribution in [3.8, 4) is 5.75 Å². The highest BCUT2D eigenvalue weighted by Crippen LogP contribution is 2.31. The summed E-state index contributed by atoms with van der Waals surface area (Å²) in [5, 5.41) is 28.2. The van der Waals surface area contributed by atoms with Crippen LogP contribution in [0.15, 0.2) is 42.5 Å². The number of aliphatic carboxylic acids is 1. The van der Waals surface area contributed by atoms with E-state index < -0.39 is 11.9 Å². The molecule has 29 heavy (non-hydrogen) atoms. The molecule has 3 N–H and O–H groups in total. The molecule has 1 unspecified atom stereocenters. The summed E-state index contributed by atoms with van der Waals surface area (Å²) in [6.07, 6.45) is 4.20. The smallest absolute Gasteiger partial charge is 0.335 e. The first-order valence-corrected chi connectivity index (χ1v) is 10.0. The number of unbranched alkanes of at least 4 members (excludes halogenated alkanes) is 1. The van der Waals surface area contributed by atoms with E-state index in [4.69, 9.17) is 10.2 Å². The summed E-state index contributed by atoms with van der Waals surface area (Å²) in [7, 11) is 0. The number of phenolic OH excluding ortho intramolecular Hbond substituents is 1. The van der Waals surface area contributed by atoms with E-state index in [-0.39, 0.29) is 18.0 Å². The van der Waals surface area contributed by atoms with Gasteiger partial charge in [-0.3, -0.25) is 9.69 Å². The van der Waals surface area contributed by atoms with E-state index in [2.05, 4.69) is 11.0 Å². The number of aromatic hydroxyl groups is 1. The molecule has 0 fully saturated rings. The van der Waals surface area contributed by atoms with Gasteiger partial charge in [0.25, 0.3) is 0 Å². The lowest BCUT2D eigenvalue weighted by Crippen LogP contribution is -2.39. The topological polar surface area (TPSA) is 98.1 Å². The predicted octanol–water partition coefficient (Wildman–Crippen LogP) is 3.70. The van der Waals surface area contributed by atoms with Gasteiger partial charge in [-0.1, -0.05) is 24.3 Å². The van der Waals surface area contributed by atoms with Gasteiger partial charge in [0.15, 0.2) is 0 Å². The molecule has 1 aliphatic rings. The van der Waals surface area contributed by atoms with Gasteiger partial charge < -0.3 is 15.3 Å². The Bertz CT molecular complexity index is 862. The number of carboxylic acids is 2. The highest BCUT2D eigenvalue weighted by molar-refractivity contribution is 5.87. The van der Waals surface area contributed by atoms with E-state index in [1.165, 1.54) is 5.56 Å². The van der Waals surface area contributed by atoms with Crippen molar-refractivity contribution in [2.45, 2.75) is 51.1 Å². The molecule has 154 valence electrons. The first-order chi connectivity index (χ1) is 13.9. The molecule has 2 aromatic carbocycles. The van der Waals surface area contributed by atoms with Crippen LogP contribution in [0.2, 0.25) is 0 Å². The fraction of sp³-hybridized carbons (Fsp3) is 0.391. The zero-order valence-electron chi connectivity index (χ0n) is 16.4. The van der Waals surface area contributed by atoms with E-state index in [0.717, 1.165) is 43.4 Å². The maximum Gasteiger partial charge on any atom is 0.335 e. The minimum Gasteiger partial charge on any atom is -0.508 e. The molecular formula is C23H27NO5. The van der Waals surface area contributed by atoms with Crippen molar-refractivity contribution in [2.24, 2.45) is 0 Å². The molecule has 0 saturated carbocycles. The number of nitrogens with zero attached hydrogens (tertiary/aromatic N) is 1. The van der Waals surface area contributed by atoms with Crippen LogP contribution in [-0.2, 0) is 24.2 Å². The van der Waals surface area contributed by atoms with Gasteiger partial charge in [-0.2, -0.15) is 0 Å². The predicted molar refractivity (Wildman–Crippen MR) is 109 cm³/mol. The number of aromatic carboxylic acids is 1. The third-order valence-corrected chi connectivity index (χ3v) is 5.62. The second-order valence-electron chi connectivity index (χ2n) is 7.63. The Kier molecular flexibility index (Phi) is 6.88. The van der Waals surface area contributed by atoms with Gasteiger partial charge in [0, 0.05) is 19.0 Å². The summed E-state index contributed by atoms with van der Waals surface area (Å²) in [5.41, 5.74) is 3.48. The number of phenols is 1. The standard InChI is InChI=1S/C23H27NO5/c25-21-5-3-4-17-11-12-19(14-20(17)21)24(13-2-1-6-22(26)27)15-16-7-9-18(10-8-16)23(28)29/h3-5,7-10,19,25H,1-2,6,11-15H2,(H,26,27)(H,28,29). The number of rotatable bonds is 9. The highest BCUT2D eigenvalue weighted by Gasteiger charge is 2.26. The fourth-order valence-electron chi connectivity index (χ4n) is 4.03. The van der Waals surface area contributed by atoms with Crippen LogP contribution in [-0.4, -0.2) is 44.7 Å². The van der Waals surface area contributed by atoms with Crippen LogP contribution in [0, 0.1) is 0 Å². The first kappa shape index (κ1) is 20.9. The second-order valence-corrected chi connectivity index (χ2v) is 7.63. The van der Waals surface area contributed by atoms with Crippen LogP contribution >= 0.6 is 0 Å². The van der Waals surface area contributed by atoms with Crippen molar-refractivity contribution in [1.29, 1.82) is 0 Å². The minimum atomic E-state index is -0.943. The maximum atomic E-state index is 11.1. The Morgan fingerprint density at radius 3 is 2.48 bits per heavy atom. The Morgan fingerprint density at radius 1 is 1.03 bits per heavy atom. The van der Waals surface area contributed by atoms with Gasteiger partial charge >= 0.3 is 11.9 Å². The molecule has 1 atom stereocenters. The van der Waals surface area contributed by atoms with Crippen LogP contribution in [0.4, 0.5) is 0 Å². The average molecular weight is 397 g/mol. The quantitative estimate of drug-likeness (QED) is 0.558. The molecule has 0 aliphatic heterocycles. The molecule has 3 rings (SSSR count). The van der Waals surface area contributed by atoms with E-state index in [1.54, 1.807) is 18.2 Å². The van der Waals surface area contributed by atoms with Crippen molar-refractivity contribution in [3.05, 3.63) is 64.7 Å². The largest absolute Gasteiger partial charge is 0.508 e. The van der Waals surface area contributed by atoms with Gasteiger partial charge in [0.05, 0.1) is 5.56 Å². The molecular weight excluding hydrogens is 370 g/mol. The van der Waals surface area contributed by atoms with Crippen LogP contribution in [0.25, 0.3) is 0 Å². The average Bonchev–Trinajstić information content (AvgIpc) is 2.70. The lowest BCUT2D eigenvalue weighted by Gasteiger charge is -2.35. The monoisotopic (exact) mass is 397 g/mol.